The van der Waals surface area contributed by atoms with Crippen LogP contribution in [-0.4, -0.2) is 17.0 Å². The minimum absolute atomic E-state index is 0.0396. The maximum atomic E-state index is 14.1. The molecule has 2 aromatic carbocycles. The van der Waals surface area contributed by atoms with Gasteiger partial charge in [-0.1, -0.05) is 35.9 Å². The van der Waals surface area contributed by atoms with Crippen LogP contribution in [0, 0.1) is 5.82 Å². The first kappa shape index (κ1) is 18.4. The van der Waals surface area contributed by atoms with E-state index in [9.17, 15) is 14.0 Å². The number of aromatic nitrogens is 1. The summed E-state index contributed by atoms with van der Waals surface area (Å²) in [5, 5.41) is 0.244. The maximum Gasteiger partial charge on any atom is 0.263 e. The standard InChI is InChI=1S/C22H18ClFN2O2/c23-18-9-3-10-19(24)17(18)14-25-12-5-8-16(21(25)27)22(28)26-13-4-7-15-6-1-2-11-20(15)26/h1-3,5-6,8-12H,4,7,13-14H2. The third-order valence-electron chi connectivity index (χ3n) is 5.00. The minimum Gasteiger partial charge on any atom is -0.310 e. The Hall–Kier alpha value is -2.92. The summed E-state index contributed by atoms with van der Waals surface area (Å²) in [6.45, 7) is 0.519. The first-order chi connectivity index (χ1) is 13.6. The normalized spacial score (nSPS) is 13.3. The number of pyridine rings is 1. The Kier molecular flexibility index (Phi) is 5.01. The number of fused-ring (bicyclic) bond motifs is 1. The molecule has 0 radical (unpaired) electrons. The van der Waals surface area contributed by atoms with Crippen LogP contribution in [0.3, 0.4) is 0 Å². The Morgan fingerprint density at radius 2 is 1.89 bits per heavy atom. The van der Waals surface area contributed by atoms with E-state index in [-0.39, 0.29) is 28.6 Å². The molecule has 0 spiro atoms. The number of carbonyl (C=O) groups is 1. The number of hydrogen-bond donors (Lipinski definition) is 0. The lowest BCUT2D eigenvalue weighted by molar-refractivity contribution is 0.0983. The summed E-state index contributed by atoms with van der Waals surface area (Å²) < 4.78 is 15.4. The summed E-state index contributed by atoms with van der Waals surface area (Å²) in [6, 6.07) is 15.2. The summed E-state index contributed by atoms with van der Waals surface area (Å²) in [6.07, 6.45) is 3.28. The molecule has 6 heteroatoms. The Morgan fingerprint density at radius 3 is 2.71 bits per heavy atom. The summed E-state index contributed by atoms with van der Waals surface area (Å²) >= 11 is 6.08. The Morgan fingerprint density at radius 1 is 1.07 bits per heavy atom. The fraction of sp³-hybridized carbons (Fsp3) is 0.182. The van der Waals surface area contributed by atoms with E-state index in [1.807, 2.05) is 24.3 Å². The van der Waals surface area contributed by atoms with Crippen molar-refractivity contribution in [1.29, 1.82) is 0 Å². The summed E-state index contributed by atoms with van der Waals surface area (Å²) in [4.78, 5) is 27.7. The molecule has 0 aliphatic carbocycles. The van der Waals surface area contributed by atoms with Gasteiger partial charge in [0, 0.05) is 29.0 Å². The average molecular weight is 397 g/mol. The number of nitrogens with zero attached hydrogens (tertiary/aromatic N) is 2. The molecule has 0 N–H and O–H groups in total. The van der Waals surface area contributed by atoms with Crippen molar-refractivity contribution in [2.24, 2.45) is 0 Å². The second kappa shape index (κ2) is 7.60. The van der Waals surface area contributed by atoms with Gasteiger partial charge < -0.3 is 9.47 Å². The molecular weight excluding hydrogens is 379 g/mol. The van der Waals surface area contributed by atoms with E-state index >= 15 is 0 Å². The van der Waals surface area contributed by atoms with Gasteiger partial charge in [-0.3, -0.25) is 9.59 Å². The van der Waals surface area contributed by atoms with Crippen LogP contribution < -0.4 is 10.5 Å². The highest BCUT2D eigenvalue weighted by molar-refractivity contribution is 6.31. The molecule has 1 aliphatic rings. The van der Waals surface area contributed by atoms with E-state index in [0.717, 1.165) is 24.1 Å². The third-order valence-corrected chi connectivity index (χ3v) is 5.35. The highest BCUT2D eigenvalue weighted by Crippen LogP contribution is 2.27. The van der Waals surface area contributed by atoms with Crippen LogP contribution in [0.15, 0.2) is 65.6 Å². The van der Waals surface area contributed by atoms with Crippen molar-refractivity contribution in [1.82, 2.24) is 4.57 Å². The first-order valence-corrected chi connectivity index (χ1v) is 9.46. The summed E-state index contributed by atoms with van der Waals surface area (Å²) in [5.74, 6) is -0.827. The van der Waals surface area contributed by atoms with Gasteiger partial charge in [0.2, 0.25) is 0 Å². The van der Waals surface area contributed by atoms with Crippen LogP contribution in [0.1, 0.15) is 27.9 Å². The smallest absolute Gasteiger partial charge is 0.263 e. The Labute approximate surface area is 166 Å². The quantitative estimate of drug-likeness (QED) is 0.663. The number of rotatable bonds is 3. The van der Waals surface area contributed by atoms with Crippen LogP contribution >= 0.6 is 11.6 Å². The van der Waals surface area contributed by atoms with E-state index in [0.29, 0.717) is 6.54 Å². The molecule has 1 aromatic heterocycles. The van der Waals surface area contributed by atoms with Crippen molar-refractivity contribution in [2.75, 3.05) is 11.4 Å². The van der Waals surface area contributed by atoms with Crippen LogP contribution in [0.25, 0.3) is 0 Å². The van der Waals surface area contributed by atoms with Crippen molar-refractivity contribution >= 4 is 23.2 Å². The van der Waals surface area contributed by atoms with Crippen molar-refractivity contribution in [3.8, 4) is 0 Å². The molecule has 4 nitrogen and oxygen atoms in total. The molecule has 142 valence electrons. The number of carbonyl (C=O) groups excluding carboxylic acids is 1. The summed E-state index contributed by atoms with van der Waals surface area (Å²) in [7, 11) is 0. The van der Waals surface area contributed by atoms with Crippen LogP contribution in [0.5, 0.6) is 0 Å². The number of benzene rings is 2. The second-order valence-corrected chi connectivity index (χ2v) is 7.15. The third kappa shape index (κ3) is 3.34. The molecule has 3 aromatic rings. The van der Waals surface area contributed by atoms with E-state index in [2.05, 4.69) is 0 Å². The van der Waals surface area contributed by atoms with Crippen molar-refractivity contribution in [3.63, 3.8) is 0 Å². The first-order valence-electron chi connectivity index (χ1n) is 9.08. The zero-order chi connectivity index (χ0) is 19.7. The van der Waals surface area contributed by atoms with Gasteiger partial charge in [-0.25, -0.2) is 4.39 Å². The number of para-hydroxylation sites is 1. The lowest BCUT2D eigenvalue weighted by Gasteiger charge is -2.29. The molecule has 4 rings (SSSR count). The molecule has 0 fully saturated rings. The zero-order valence-electron chi connectivity index (χ0n) is 15.1. The van der Waals surface area contributed by atoms with Crippen LogP contribution in [-0.2, 0) is 13.0 Å². The van der Waals surface area contributed by atoms with Gasteiger partial charge in [-0.15, -0.1) is 0 Å². The van der Waals surface area contributed by atoms with Gasteiger partial charge in [-0.05, 0) is 48.7 Å². The van der Waals surface area contributed by atoms with Gasteiger partial charge in [0.25, 0.3) is 11.5 Å². The molecular formula is C22H18ClFN2O2. The van der Waals surface area contributed by atoms with Gasteiger partial charge in [-0.2, -0.15) is 0 Å². The fourth-order valence-corrected chi connectivity index (χ4v) is 3.79. The highest BCUT2D eigenvalue weighted by Gasteiger charge is 2.25. The minimum atomic E-state index is -0.485. The van der Waals surface area contributed by atoms with Gasteiger partial charge >= 0.3 is 0 Å². The Bertz CT molecular complexity index is 1090. The van der Waals surface area contributed by atoms with E-state index in [1.54, 1.807) is 17.0 Å². The number of aryl methyl sites for hydroxylation is 1. The molecule has 0 saturated carbocycles. The van der Waals surface area contributed by atoms with Gasteiger partial charge in [0.1, 0.15) is 11.4 Å². The van der Waals surface area contributed by atoms with Gasteiger partial charge in [0.15, 0.2) is 0 Å². The van der Waals surface area contributed by atoms with Crippen molar-refractivity contribution in [2.45, 2.75) is 19.4 Å². The van der Waals surface area contributed by atoms with Crippen LogP contribution in [0.2, 0.25) is 5.02 Å². The molecule has 28 heavy (non-hydrogen) atoms. The Balaban J connectivity index is 1.70. The fourth-order valence-electron chi connectivity index (χ4n) is 3.57. The molecule has 1 aliphatic heterocycles. The molecule has 0 saturated heterocycles. The second-order valence-electron chi connectivity index (χ2n) is 6.74. The largest absolute Gasteiger partial charge is 0.310 e. The van der Waals surface area contributed by atoms with Crippen molar-refractivity contribution < 1.29 is 9.18 Å². The zero-order valence-corrected chi connectivity index (χ0v) is 15.8. The van der Waals surface area contributed by atoms with Crippen LogP contribution in [0.4, 0.5) is 10.1 Å². The SMILES string of the molecule is O=C(c1cccn(Cc2c(F)cccc2Cl)c1=O)N1CCCc2ccccc21. The molecule has 1 amide bonds. The van der Waals surface area contributed by atoms with E-state index < -0.39 is 11.4 Å². The van der Waals surface area contributed by atoms with E-state index in [4.69, 9.17) is 11.6 Å². The average Bonchev–Trinajstić information content (AvgIpc) is 2.71. The number of halogens is 2. The summed E-state index contributed by atoms with van der Waals surface area (Å²) in [5.41, 5.74) is 1.75. The number of hydrogen-bond acceptors (Lipinski definition) is 2. The number of amides is 1. The molecule has 0 unspecified atom stereocenters. The molecule has 2 heterocycles. The molecule has 0 atom stereocenters. The maximum absolute atomic E-state index is 14.1. The lowest BCUT2D eigenvalue weighted by atomic mass is 10.0. The molecule has 0 bridgehead atoms. The lowest BCUT2D eigenvalue weighted by Crippen LogP contribution is -2.39. The topological polar surface area (TPSA) is 42.3 Å². The predicted molar refractivity (Wildman–Crippen MR) is 108 cm³/mol. The predicted octanol–water partition coefficient (Wildman–Crippen LogP) is 4.28. The van der Waals surface area contributed by atoms with Crippen molar-refractivity contribution in [3.05, 3.63) is 98.7 Å². The monoisotopic (exact) mass is 396 g/mol. The number of anilines is 1. The van der Waals surface area contributed by atoms with Gasteiger partial charge in [0.05, 0.1) is 6.54 Å². The highest BCUT2D eigenvalue weighted by atomic mass is 35.5. The van der Waals surface area contributed by atoms with E-state index in [1.165, 1.54) is 29.0 Å².